The number of phenols is 1. The molecule has 0 saturated carbocycles. The Morgan fingerprint density at radius 1 is 0.968 bits per heavy atom. The Kier molecular flexibility index (Phi) is 6.17. The van der Waals surface area contributed by atoms with Crippen molar-refractivity contribution >= 4 is 11.8 Å². The average molecular weight is 434 g/mol. The number of esters is 1. The summed E-state index contributed by atoms with van der Waals surface area (Å²) in [6.45, 7) is 1.79. The van der Waals surface area contributed by atoms with Gasteiger partial charge in [-0.15, -0.1) is 0 Å². The van der Waals surface area contributed by atoms with Crippen molar-refractivity contribution in [1.29, 1.82) is 0 Å². The second-order valence-electron chi connectivity index (χ2n) is 7.23. The van der Waals surface area contributed by atoms with E-state index in [2.05, 4.69) is 0 Å². The lowest BCUT2D eigenvalue weighted by atomic mass is 9.68. The summed E-state index contributed by atoms with van der Waals surface area (Å²) in [5.41, 5.74) is -0.553. The van der Waals surface area contributed by atoms with Crippen molar-refractivity contribution in [2.24, 2.45) is 11.3 Å². The minimum absolute atomic E-state index is 0.0465. The molecule has 1 aliphatic heterocycles. The SMILES string of the molecule is COC(=O)[C@@H]1[C@@H](c2cc(OC)c(O)c(OC)c2)O[C@H](C)C12C=C(OC)C(=O)C(OC)=C2. The number of aromatic hydroxyl groups is 1. The van der Waals surface area contributed by atoms with E-state index in [0.29, 0.717) is 5.56 Å². The number of rotatable bonds is 6. The average Bonchev–Trinajstić information content (AvgIpc) is 3.06. The third-order valence-corrected chi connectivity index (χ3v) is 5.83. The van der Waals surface area contributed by atoms with Crippen LogP contribution in [0, 0.1) is 11.3 Å². The van der Waals surface area contributed by atoms with Gasteiger partial charge in [-0.05, 0) is 36.8 Å². The maximum Gasteiger partial charge on any atom is 0.312 e. The number of ether oxygens (including phenoxy) is 6. The van der Waals surface area contributed by atoms with Crippen molar-refractivity contribution in [3.8, 4) is 17.2 Å². The molecule has 0 bridgehead atoms. The fourth-order valence-electron chi connectivity index (χ4n) is 4.20. The molecule has 1 heterocycles. The van der Waals surface area contributed by atoms with E-state index in [1.165, 1.54) is 35.5 Å². The molecule has 0 amide bonds. The highest BCUT2D eigenvalue weighted by atomic mass is 16.5. The predicted octanol–water partition coefficient (Wildman–Crippen LogP) is 2.29. The highest BCUT2D eigenvalue weighted by Crippen LogP contribution is 2.56. The summed E-state index contributed by atoms with van der Waals surface area (Å²) in [6, 6.07) is 3.14. The smallest absolute Gasteiger partial charge is 0.312 e. The van der Waals surface area contributed by atoms with Crippen LogP contribution in [0.1, 0.15) is 18.6 Å². The molecule has 9 heteroatoms. The lowest BCUT2D eigenvalue weighted by Gasteiger charge is -2.34. The molecule has 0 aromatic heterocycles. The first kappa shape index (κ1) is 22.5. The first-order valence-electron chi connectivity index (χ1n) is 9.54. The molecule has 1 aromatic rings. The second-order valence-corrected chi connectivity index (χ2v) is 7.23. The fourth-order valence-corrected chi connectivity index (χ4v) is 4.20. The zero-order chi connectivity index (χ0) is 22.9. The molecule has 1 fully saturated rings. The van der Waals surface area contributed by atoms with E-state index in [-0.39, 0.29) is 28.8 Å². The molecule has 2 aliphatic rings. The molecule has 3 rings (SSSR count). The van der Waals surface area contributed by atoms with Gasteiger partial charge in [0.2, 0.25) is 5.75 Å². The number of phenolic OH excluding ortho intramolecular Hbond substituents is 1. The Hall–Kier alpha value is -3.20. The Bertz CT molecular complexity index is 897. The normalized spacial score (nSPS) is 24.3. The summed E-state index contributed by atoms with van der Waals surface area (Å²) in [5.74, 6) is -1.62. The van der Waals surface area contributed by atoms with Crippen molar-refractivity contribution < 1.29 is 43.1 Å². The molecule has 9 nitrogen and oxygen atoms in total. The van der Waals surface area contributed by atoms with Gasteiger partial charge in [0.1, 0.15) is 5.92 Å². The molecule has 1 aliphatic carbocycles. The summed E-state index contributed by atoms with van der Waals surface area (Å²) in [4.78, 5) is 25.6. The van der Waals surface area contributed by atoms with E-state index in [0.717, 1.165) is 0 Å². The molecule has 3 atom stereocenters. The third-order valence-electron chi connectivity index (χ3n) is 5.83. The second kappa shape index (κ2) is 8.50. The monoisotopic (exact) mass is 434 g/mol. The highest BCUT2D eigenvalue weighted by Gasteiger charge is 2.59. The maximum absolute atomic E-state index is 13.0. The van der Waals surface area contributed by atoms with Gasteiger partial charge in [-0.2, -0.15) is 0 Å². The topological polar surface area (TPSA) is 110 Å². The van der Waals surface area contributed by atoms with Gasteiger partial charge in [-0.3, -0.25) is 9.59 Å². The first-order chi connectivity index (χ1) is 14.8. The van der Waals surface area contributed by atoms with Crippen molar-refractivity contribution in [1.82, 2.24) is 0 Å². The van der Waals surface area contributed by atoms with Gasteiger partial charge >= 0.3 is 5.97 Å². The number of methoxy groups -OCH3 is 5. The summed E-state index contributed by atoms with van der Waals surface area (Å²) in [6.07, 6.45) is 1.80. The molecule has 168 valence electrons. The zero-order valence-electron chi connectivity index (χ0n) is 18.3. The highest BCUT2D eigenvalue weighted by molar-refractivity contribution is 6.06. The van der Waals surface area contributed by atoms with E-state index in [1.807, 2.05) is 0 Å². The lowest BCUT2D eigenvalue weighted by molar-refractivity contribution is -0.149. The van der Waals surface area contributed by atoms with Crippen molar-refractivity contribution in [2.75, 3.05) is 35.5 Å². The van der Waals surface area contributed by atoms with E-state index >= 15 is 0 Å². The minimum Gasteiger partial charge on any atom is -0.502 e. The summed E-state index contributed by atoms with van der Waals surface area (Å²) >= 11 is 0. The number of Topliss-reactive ketones (excluding diaryl/α,β-unsaturated/α-hetero) is 1. The molecular weight excluding hydrogens is 408 g/mol. The van der Waals surface area contributed by atoms with E-state index in [9.17, 15) is 14.7 Å². The number of ketones is 1. The Morgan fingerprint density at radius 2 is 1.48 bits per heavy atom. The van der Waals surface area contributed by atoms with Gasteiger partial charge in [-0.1, -0.05) is 0 Å². The van der Waals surface area contributed by atoms with Gasteiger partial charge in [0.25, 0.3) is 5.78 Å². The van der Waals surface area contributed by atoms with Crippen LogP contribution in [0.15, 0.2) is 35.8 Å². The largest absolute Gasteiger partial charge is 0.502 e. The number of hydrogen-bond acceptors (Lipinski definition) is 9. The fraction of sp³-hybridized carbons (Fsp3) is 0.455. The van der Waals surface area contributed by atoms with Crippen LogP contribution in [0.2, 0.25) is 0 Å². The minimum atomic E-state index is -1.08. The Morgan fingerprint density at radius 3 is 1.90 bits per heavy atom. The molecule has 0 unspecified atom stereocenters. The van der Waals surface area contributed by atoms with Crippen LogP contribution in [0.3, 0.4) is 0 Å². The third kappa shape index (κ3) is 3.48. The summed E-state index contributed by atoms with van der Waals surface area (Å²) in [7, 11) is 6.84. The summed E-state index contributed by atoms with van der Waals surface area (Å²) < 4.78 is 32.4. The zero-order valence-corrected chi connectivity index (χ0v) is 18.3. The lowest BCUT2D eigenvalue weighted by Crippen LogP contribution is -2.40. The van der Waals surface area contributed by atoms with Gasteiger partial charge < -0.3 is 33.5 Å². The van der Waals surface area contributed by atoms with E-state index in [4.69, 9.17) is 28.4 Å². The van der Waals surface area contributed by atoms with Gasteiger partial charge in [-0.25, -0.2) is 0 Å². The number of carbonyl (C=O) groups is 2. The van der Waals surface area contributed by atoms with Crippen molar-refractivity contribution in [3.63, 3.8) is 0 Å². The molecule has 1 N–H and O–H groups in total. The van der Waals surface area contributed by atoms with E-state index in [1.54, 1.807) is 31.2 Å². The van der Waals surface area contributed by atoms with Crippen LogP contribution < -0.4 is 9.47 Å². The molecule has 31 heavy (non-hydrogen) atoms. The molecule has 1 aromatic carbocycles. The van der Waals surface area contributed by atoms with Crippen LogP contribution >= 0.6 is 0 Å². The van der Waals surface area contributed by atoms with Crippen LogP contribution in [0.5, 0.6) is 17.2 Å². The van der Waals surface area contributed by atoms with Crippen LogP contribution in [-0.2, 0) is 28.5 Å². The van der Waals surface area contributed by atoms with E-state index < -0.39 is 35.3 Å². The van der Waals surface area contributed by atoms with Gasteiger partial charge in [0, 0.05) is 0 Å². The quantitative estimate of drug-likeness (QED) is 0.674. The molecule has 1 saturated heterocycles. The first-order valence-corrected chi connectivity index (χ1v) is 9.54. The predicted molar refractivity (Wildman–Crippen MR) is 108 cm³/mol. The molecule has 1 spiro atoms. The number of hydrogen-bond donors (Lipinski definition) is 1. The summed E-state index contributed by atoms with van der Waals surface area (Å²) in [5, 5.41) is 10.3. The van der Waals surface area contributed by atoms with Gasteiger partial charge in [0.15, 0.2) is 23.0 Å². The number of carbonyl (C=O) groups excluding carboxylic acids is 2. The molecular formula is C22H26O9. The van der Waals surface area contributed by atoms with Gasteiger partial charge in [0.05, 0.1) is 53.2 Å². The van der Waals surface area contributed by atoms with Crippen LogP contribution in [0.25, 0.3) is 0 Å². The maximum atomic E-state index is 13.0. The standard InChI is InChI=1S/C22H26O9/c1-11-22(9-15(28-4)19(24)16(10-22)29-5)17(21(25)30-6)20(31-11)12-7-13(26-2)18(23)14(8-12)27-3/h7-11,17,20,23H,1-6H3/t11-,17+,20-/m1/s1. The Balaban J connectivity index is 2.22. The van der Waals surface area contributed by atoms with Crippen LogP contribution in [0.4, 0.5) is 0 Å². The van der Waals surface area contributed by atoms with Crippen molar-refractivity contribution in [3.05, 3.63) is 41.4 Å². The van der Waals surface area contributed by atoms with Crippen LogP contribution in [-0.4, -0.2) is 58.5 Å². The van der Waals surface area contributed by atoms with Crippen molar-refractivity contribution in [2.45, 2.75) is 19.1 Å². The Labute approximate surface area is 180 Å². The number of benzene rings is 1. The molecule has 0 radical (unpaired) electrons.